The van der Waals surface area contributed by atoms with E-state index in [9.17, 15) is 0 Å². The molecule has 106 valence electrons. The largest absolute Gasteiger partial charge is 0.370 e. The van der Waals surface area contributed by atoms with Crippen molar-refractivity contribution in [2.45, 2.75) is 51.9 Å². The number of aromatic nitrogens is 2. The van der Waals surface area contributed by atoms with Crippen LogP contribution in [0.2, 0.25) is 0 Å². The summed E-state index contributed by atoms with van der Waals surface area (Å²) in [6.07, 6.45) is 11.3. The van der Waals surface area contributed by atoms with Gasteiger partial charge in [0.15, 0.2) is 0 Å². The number of anilines is 2. The molecule has 1 aliphatic carbocycles. The summed E-state index contributed by atoms with van der Waals surface area (Å²) in [6.45, 7) is 4.07. The Balaban J connectivity index is 1.66. The lowest BCUT2D eigenvalue weighted by atomic mass is 10.0. The third-order valence-corrected chi connectivity index (χ3v) is 3.76. The highest BCUT2D eigenvalue weighted by Gasteiger charge is 2.13. The van der Waals surface area contributed by atoms with Crippen molar-refractivity contribution in [1.82, 2.24) is 9.97 Å². The Hall–Kier alpha value is -1.32. The summed E-state index contributed by atoms with van der Waals surface area (Å²) in [6, 6.07) is 1.94. The molecule has 0 aliphatic heterocycles. The maximum absolute atomic E-state index is 4.45. The highest BCUT2D eigenvalue weighted by molar-refractivity contribution is 5.39. The van der Waals surface area contributed by atoms with Crippen molar-refractivity contribution >= 4 is 11.8 Å². The summed E-state index contributed by atoms with van der Waals surface area (Å²) in [4.78, 5) is 8.65. The zero-order valence-electron chi connectivity index (χ0n) is 12.0. The number of nitrogens with zero attached hydrogens (tertiary/aromatic N) is 2. The molecular formula is C15H26N4. The van der Waals surface area contributed by atoms with Crippen LogP contribution in [-0.2, 0) is 0 Å². The predicted octanol–water partition coefficient (Wildman–Crippen LogP) is 3.68. The van der Waals surface area contributed by atoms with Gasteiger partial charge in [-0.05, 0) is 31.2 Å². The first-order valence-electron chi connectivity index (χ1n) is 7.69. The molecule has 1 aromatic rings. The topological polar surface area (TPSA) is 49.8 Å². The van der Waals surface area contributed by atoms with Gasteiger partial charge in [0.1, 0.15) is 5.82 Å². The van der Waals surface area contributed by atoms with Gasteiger partial charge < -0.3 is 10.6 Å². The van der Waals surface area contributed by atoms with Gasteiger partial charge in [-0.1, -0.05) is 32.6 Å². The van der Waals surface area contributed by atoms with Gasteiger partial charge in [0, 0.05) is 19.3 Å². The molecule has 2 rings (SSSR count). The normalized spacial score (nSPS) is 15.6. The molecule has 0 bridgehead atoms. The lowest BCUT2D eigenvalue weighted by molar-refractivity contribution is 0.491. The van der Waals surface area contributed by atoms with Crippen molar-refractivity contribution < 1.29 is 0 Å². The van der Waals surface area contributed by atoms with Gasteiger partial charge in [-0.3, -0.25) is 0 Å². The van der Waals surface area contributed by atoms with Crippen LogP contribution in [0.25, 0.3) is 0 Å². The summed E-state index contributed by atoms with van der Waals surface area (Å²) in [5.41, 5.74) is 0. The van der Waals surface area contributed by atoms with Gasteiger partial charge in [0.05, 0.1) is 0 Å². The Morgan fingerprint density at radius 2 is 2.05 bits per heavy atom. The van der Waals surface area contributed by atoms with Gasteiger partial charge in [0.25, 0.3) is 0 Å². The van der Waals surface area contributed by atoms with E-state index < -0.39 is 0 Å². The Kier molecular flexibility index (Phi) is 5.92. The second-order valence-electron chi connectivity index (χ2n) is 5.41. The molecule has 1 fully saturated rings. The maximum Gasteiger partial charge on any atom is 0.224 e. The molecule has 0 unspecified atom stereocenters. The SMILES string of the molecule is CCCNc1nccc(NCCCC2CCCC2)n1. The molecule has 1 heterocycles. The minimum absolute atomic E-state index is 0.725. The van der Waals surface area contributed by atoms with Gasteiger partial charge in [-0.25, -0.2) is 4.98 Å². The molecule has 0 saturated heterocycles. The van der Waals surface area contributed by atoms with E-state index in [0.29, 0.717) is 0 Å². The first-order chi connectivity index (χ1) is 9.38. The molecule has 0 atom stereocenters. The average Bonchev–Trinajstić information content (AvgIpc) is 2.95. The van der Waals surface area contributed by atoms with E-state index in [2.05, 4.69) is 27.5 Å². The molecule has 2 N–H and O–H groups in total. The molecule has 0 amide bonds. The Morgan fingerprint density at radius 3 is 2.84 bits per heavy atom. The van der Waals surface area contributed by atoms with Crippen LogP contribution in [0, 0.1) is 5.92 Å². The second kappa shape index (κ2) is 7.97. The van der Waals surface area contributed by atoms with Crippen molar-refractivity contribution in [3.8, 4) is 0 Å². The molecule has 0 radical (unpaired) electrons. The molecule has 0 aromatic carbocycles. The molecule has 19 heavy (non-hydrogen) atoms. The average molecular weight is 262 g/mol. The van der Waals surface area contributed by atoms with Crippen LogP contribution in [0.15, 0.2) is 12.3 Å². The van der Waals surface area contributed by atoms with E-state index in [1.807, 2.05) is 12.3 Å². The first-order valence-corrected chi connectivity index (χ1v) is 7.69. The summed E-state index contributed by atoms with van der Waals surface area (Å²) in [7, 11) is 0. The van der Waals surface area contributed by atoms with E-state index in [0.717, 1.165) is 37.2 Å². The fourth-order valence-corrected chi connectivity index (χ4v) is 2.69. The predicted molar refractivity (Wildman–Crippen MR) is 80.5 cm³/mol. The fourth-order valence-electron chi connectivity index (χ4n) is 2.69. The molecule has 4 heteroatoms. The van der Waals surface area contributed by atoms with Crippen LogP contribution in [0.1, 0.15) is 51.9 Å². The van der Waals surface area contributed by atoms with Crippen molar-refractivity contribution in [2.75, 3.05) is 23.7 Å². The summed E-state index contributed by atoms with van der Waals surface area (Å²) in [5.74, 6) is 2.64. The summed E-state index contributed by atoms with van der Waals surface area (Å²) >= 11 is 0. The molecule has 1 saturated carbocycles. The zero-order valence-corrected chi connectivity index (χ0v) is 12.0. The smallest absolute Gasteiger partial charge is 0.224 e. The van der Waals surface area contributed by atoms with Crippen LogP contribution < -0.4 is 10.6 Å². The van der Waals surface area contributed by atoms with E-state index in [4.69, 9.17) is 0 Å². The summed E-state index contributed by atoms with van der Waals surface area (Å²) in [5, 5.41) is 6.60. The van der Waals surface area contributed by atoms with Gasteiger partial charge in [-0.15, -0.1) is 0 Å². The number of hydrogen-bond donors (Lipinski definition) is 2. The number of hydrogen-bond acceptors (Lipinski definition) is 4. The van der Waals surface area contributed by atoms with Crippen molar-refractivity contribution in [1.29, 1.82) is 0 Å². The third kappa shape index (κ3) is 5.05. The van der Waals surface area contributed by atoms with Crippen molar-refractivity contribution in [3.05, 3.63) is 12.3 Å². The molecule has 1 aromatic heterocycles. The lowest BCUT2D eigenvalue weighted by Gasteiger charge is -2.10. The van der Waals surface area contributed by atoms with Crippen LogP contribution in [0.5, 0.6) is 0 Å². The zero-order chi connectivity index (χ0) is 13.3. The van der Waals surface area contributed by atoms with Crippen molar-refractivity contribution in [3.63, 3.8) is 0 Å². The maximum atomic E-state index is 4.45. The minimum Gasteiger partial charge on any atom is -0.370 e. The highest BCUT2D eigenvalue weighted by atomic mass is 15.1. The standard InChI is InChI=1S/C15H26N4/c1-2-10-17-15-18-12-9-14(19-15)16-11-5-8-13-6-3-4-7-13/h9,12-13H,2-8,10-11H2,1H3,(H2,16,17,18,19). The van der Waals surface area contributed by atoms with Gasteiger partial charge in [0.2, 0.25) is 5.95 Å². The summed E-state index contributed by atoms with van der Waals surface area (Å²) < 4.78 is 0. The van der Waals surface area contributed by atoms with Crippen molar-refractivity contribution in [2.24, 2.45) is 5.92 Å². The Bertz CT molecular complexity index is 361. The molecule has 1 aliphatic rings. The quantitative estimate of drug-likeness (QED) is 0.702. The Labute approximate surface area is 116 Å². The van der Waals surface area contributed by atoms with Crippen LogP contribution in [0.3, 0.4) is 0 Å². The molecular weight excluding hydrogens is 236 g/mol. The second-order valence-corrected chi connectivity index (χ2v) is 5.41. The van der Waals surface area contributed by atoms with Crippen LogP contribution >= 0.6 is 0 Å². The van der Waals surface area contributed by atoms with E-state index in [-0.39, 0.29) is 0 Å². The number of nitrogens with one attached hydrogen (secondary N) is 2. The number of rotatable bonds is 8. The molecule has 0 spiro atoms. The van der Waals surface area contributed by atoms with Gasteiger partial charge in [-0.2, -0.15) is 4.98 Å². The lowest BCUT2D eigenvalue weighted by Crippen LogP contribution is -2.08. The van der Waals surface area contributed by atoms with E-state index in [1.165, 1.54) is 38.5 Å². The molecule has 4 nitrogen and oxygen atoms in total. The fraction of sp³-hybridized carbons (Fsp3) is 0.733. The van der Waals surface area contributed by atoms with E-state index in [1.54, 1.807) is 0 Å². The minimum atomic E-state index is 0.725. The monoisotopic (exact) mass is 262 g/mol. The van der Waals surface area contributed by atoms with Crippen LogP contribution in [-0.4, -0.2) is 23.1 Å². The first kappa shape index (κ1) is 14.1. The highest BCUT2D eigenvalue weighted by Crippen LogP contribution is 2.28. The Morgan fingerprint density at radius 1 is 1.21 bits per heavy atom. The third-order valence-electron chi connectivity index (χ3n) is 3.76. The van der Waals surface area contributed by atoms with Crippen LogP contribution in [0.4, 0.5) is 11.8 Å². The van der Waals surface area contributed by atoms with Gasteiger partial charge >= 0.3 is 0 Å². The van der Waals surface area contributed by atoms with E-state index >= 15 is 0 Å².